The summed E-state index contributed by atoms with van der Waals surface area (Å²) in [6.07, 6.45) is 2.72. The first-order valence-electron chi connectivity index (χ1n) is 3.98. The Morgan fingerprint density at radius 1 is 1.36 bits per heavy atom. The number of hydrogen-bond acceptors (Lipinski definition) is 3. The van der Waals surface area contributed by atoms with Gasteiger partial charge in [-0.3, -0.25) is 0 Å². The summed E-state index contributed by atoms with van der Waals surface area (Å²) in [4.78, 5) is 4.03. The standard InChI is InChI=1S/C10H9N2S.K/c11-10-2-1-8(6-12-10)5-9-3-4-13-7-9;/h1-3,6-7H,5H2,(H2,11,12);/q-1;+1. The molecule has 14 heavy (non-hydrogen) atoms. The van der Waals surface area contributed by atoms with Gasteiger partial charge in [0.1, 0.15) is 5.82 Å². The Labute approximate surface area is 130 Å². The second-order valence-corrected chi connectivity index (χ2v) is 3.55. The summed E-state index contributed by atoms with van der Waals surface area (Å²) in [6.45, 7) is 0. The Kier molecular flexibility index (Phi) is 5.29. The van der Waals surface area contributed by atoms with Crippen LogP contribution in [0, 0.1) is 5.38 Å². The largest absolute Gasteiger partial charge is 1.00 e. The predicted octanol–water partition coefficient (Wildman–Crippen LogP) is -0.880. The van der Waals surface area contributed by atoms with Gasteiger partial charge in [0.2, 0.25) is 0 Å². The van der Waals surface area contributed by atoms with Crippen LogP contribution in [0.1, 0.15) is 11.1 Å². The van der Waals surface area contributed by atoms with E-state index in [-0.39, 0.29) is 51.4 Å². The summed E-state index contributed by atoms with van der Waals surface area (Å²) in [6, 6.07) is 5.83. The first-order chi connectivity index (χ1) is 6.34. The molecule has 0 radical (unpaired) electrons. The molecule has 0 aliphatic rings. The van der Waals surface area contributed by atoms with Crippen molar-refractivity contribution in [2.24, 2.45) is 0 Å². The third kappa shape index (κ3) is 3.45. The van der Waals surface area contributed by atoms with E-state index in [2.05, 4.69) is 15.7 Å². The molecule has 0 saturated carbocycles. The van der Waals surface area contributed by atoms with E-state index in [0.29, 0.717) is 5.82 Å². The molecule has 0 fully saturated rings. The van der Waals surface area contributed by atoms with Crippen molar-refractivity contribution in [3.8, 4) is 0 Å². The van der Waals surface area contributed by atoms with Crippen molar-refractivity contribution in [1.29, 1.82) is 0 Å². The van der Waals surface area contributed by atoms with Crippen molar-refractivity contribution in [3.63, 3.8) is 0 Å². The van der Waals surface area contributed by atoms with Crippen molar-refractivity contribution < 1.29 is 51.4 Å². The van der Waals surface area contributed by atoms with Crippen LogP contribution in [0.3, 0.4) is 0 Å². The zero-order chi connectivity index (χ0) is 9.10. The fourth-order valence-corrected chi connectivity index (χ4v) is 1.71. The normalized spacial score (nSPS) is 9.43. The van der Waals surface area contributed by atoms with Gasteiger partial charge in [0.15, 0.2) is 0 Å². The summed E-state index contributed by atoms with van der Waals surface area (Å²) >= 11 is 1.59. The third-order valence-electron chi connectivity index (χ3n) is 1.78. The maximum absolute atomic E-state index is 5.48. The summed E-state index contributed by atoms with van der Waals surface area (Å²) in [5.41, 5.74) is 7.94. The van der Waals surface area contributed by atoms with Crippen LogP contribution in [0.4, 0.5) is 5.82 Å². The van der Waals surface area contributed by atoms with E-state index in [1.807, 2.05) is 24.4 Å². The Hall–Kier alpha value is 0.286. The van der Waals surface area contributed by atoms with Crippen molar-refractivity contribution in [1.82, 2.24) is 4.98 Å². The zero-order valence-electron chi connectivity index (χ0n) is 8.03. The van der Waals surface area contributed by atoms with Crippen LogP contribution in [0.5, 0.6) is 0 Å². The maximum Gasteiger partial charge on any atom is 1.00 e. The molecule has 0 bridgehead atoms. The monoisotopic (exact) mass is 228 g/mol. The Morgan fingerprint density at radius 3 is 2.79 bits per heavy atom. The first kappa shape index (κ1) is 12.4. The predicted molar refractivity (Wildman–Crippen MR) is 54.6 cm³/mol. The summed E-state index contributed by atoms with van der Waals surface area (Å²) in [5.74, 6) is 0.570. The Bertz CT molecular complexity index is 370. The van der Waals surface area contributed by atoms with E-state index in [0.717, 1.165) is 6.42 Å². The van der Waals surface area contributed by atoms with E-state index in [4.69, 9.17) is 5.73 Å². The van der Waals surface area contributed by atoms with Crippen LogP contribution in [0.2, 0.25) is 0 Å². The van der Waals surface area contributed by atoms with Crippen LogP contribution in [0.25, 0.3) is 0 Å². The second-order valence-electron chi connectivity index (χ2n) is 2.84. The fourth-order valence-electron chi connectivity index (χ4n) is 1.12. The van der Waals surface area contributed by atoms with Gasteiger partial charge in [0, 0.05) is 6.20 Å². The van der Waals surface area contributed by atoms with Gasteiger partial charge in [-0.25, -0.2) is 4.98 Å². The molecule has 2 heterocycles. The third-order valence-corrected chi connectivity index (χ3v) is 2.45. The number of nitrogen functional groups attached to an aromatic ring is 1. The Morgan fingerprint density at radius 2 is 2.21 bits per heavy atom. The number of hydrogen-bond donors (Lipinski definition) is 1. The molecule has 0 spiro atoms. The van der Waals surface area contributed by atoms with Crippen LogP contribution < -0.4 is 57.1 Å². The number of anilines is 1. The number of nitrogens with two attached hydrogens (primary N) is 1. The van der Waals surface area contributed by atoms with Crippen molar-refractivity contribution in [2.75, 3.05) is 5.73 Å². The minimum absolute atomic E-state index is 0. The number of thiophene rings is 1. The zero-order valence-corrected chi connectivity index (χ0v) is 12.0. The average Bonchev–Trinajstić information content (AvgIpc) is 2.62. The van der Waals surface area contributed by atoms with Gasteiger partial charge in [-0.1, -0.05) is 12.5 Å². The molecule has 2 aromatic heterocycles. The van der Waals surface area contributed by atoms with Gasteiger partial charge in [-0.2, -0.15) is 17.0 Å². The number of rotatable bonds is 2. The van der Waals surface area contributed by atoms with Crippen LogP contribution >= 0.6 is 11.3 Å². The fraction of sp³-hybridized carbons (Fsp3) is 0.100. The summed E-state index contributed by atoms with van der Waals surface area (Å²) in [5, 5.41) is 5.15. The molecular weight excluding hydrogens is 219 g/mol. The van der Waals surface area contributed by atoms with Crippen LogP contribution in [0.15, 0.2) is 29.8 Å². The van der Waals surface area contributed by atoms with E-state index < -0.39 is 0 Å². The summed E-state index contributed by atoms with van der Waals surface area (Å²) in [7, 11) is 0. The SMILES string of the molecule is Nc1ccc(Cc2c[c-]sc2)cn1.[K+]. The van der Waals surface area contributed by atoms with Crippen molar-refractivity contribution >= 4 is 17.2 Å². The number of nitrogens with zero attached hydrogens (tertiary/aromatic N) is 1. The molecule has 2 nitrogen and oxygen atoms in total. The minimum Gasteiger partial charge on any atom is -0.384 e. The van der Waals surface area contributed by atoms with Gasteiger partial charge in [0.25, 0.3) is 0 Å². The minimum atomic E-state index is 0. The quantitative estimate of drug-likeness (QED) is 0.535. The summed E-state index contributed by atoms with van der Waals surface area (Å²) < 4.78 is 0. The second kappa shape index (κ2) is 6.00. The molecule has 0 aromatic carbocycles. The van der Waals surface area contributed by atoms with E-state index >= 15 is 0 Å². The molecule has 66 valence electrons. The first-order valence-corrected chi connectivity index (χ1v) is 4.86. The van der Waals surface area contributed by atoms with Crippen molar-refractivity contribution in [2.45, 2.75) is 6.42 Å². The molecule has 0 atom stereocenters. The van der Waals surface area contributed by atoms with Gasteiger partial charge in [-0.15, -0.1) is 5.38 Å². The van der Waals surface area contributed by atoms with E-state index in [1.165, 1.54) is 11.1 Å². The molecule has 2 aromatic rings. The molecule has 2 N–H and O–H groups in total. The smallest absolute Gasteiger partial charge is 0.384 e. The van der Waals surface area contributed by atoms with Gasteiger partial charge >= 0.3 is 51.4 Å². The van der Waals surface area contributed by atoms with E-state index in [1.54, 1.807) is 11.3 Å². The Balaban J connectivity index is 0.000000980. The molecule has 0 aliphatic carbocycles. The van der Waals surface area contributed by atoms with Gasteiger partial charge < -0.3 is 17.1 Å². The number of aromatic nitrogens is 1. The van der Waals surface area contributed by atoms with Gasteiger partial charge in [-0.05, 0) is 11.6 Å². The molecule has 0 unspecified atom stereocenters. The molecule has 0 amide bonds. The maximum atomic E-state index is 5.48. The van der Waals surface area contributed by atoms with Crippen LogP contribution in [-0.2, 0) is 6.42 Å². The van der Waals surface area contributed by atoms with Crippen LogP contribution in [-0.4, -0.2) is 4.98 Å². The van der Waals surface area contributed by atoms with Gasteiger partial charge in [0.05, 0.1) is 0 Å². The molecular formula is C10H9KN2S. The molecule has 4 heteroatoms. The molecule has 0 aliphatic heterocycles. The van der Waals surface area contributed by atoms with E-state index in [9.17, 15) is 0 Å². The van der Waals surface area contributed by atoms with Crippen molar-refractivity contribution in [3.05, 3.63) is 46.3 Å². The number of pyridine rings is 1. The molecule has 0 saturated heterocycles. The topological polar surface area (TPSA) is 38.9 Å². The average molecular weight is 228 g/mol. The molecule has 2 rings (SSSR count).